The highest BCUT2D eigenvalue weighted by molar-refractivity contribution is 7.99. The van der Waals surface area contributed by atoms with Crippen LogP contribution in [0.15, 0.2) is 46.5 Å². The van der Waals surface area contributed by atoms with Gasteiger partial charge in [0, 0.05) is 11.1 Å². The van der Waals surface area contributed by atoms with E-state index in [-0.39, 0.29) is 0 Å². The zero-order valence-corrected chi connectivity index (χ0v) is 11.9. The molecule has 0 radical (unpaired) electrons. The third-order valence-corrected chi connectivity index (χ3v) is 3.90. The van der Waals surface area contributed by atoms with E-state index in [1.807, 2.05) is 30.3 Å². The number of benzene rings is 1. The average molecular weight is 289 g/mol. The van der Waals surface area contributed by atoms with E-state index in [1.54, 1.807) is 13.1 Å². The summed E-state index contributed by atoms with van der Waals surface area (Å²) in [6.07, 6.45) is 1.22. The lowest BCUT2D eigenvalue weighted by Gasteiger charge is -2.18. The van der Waals surface area contributed by atoms with Crippen molar-refractivity contribution in [2.24, 2.45) is 0 Å². The molecule has 104 valence electrons. The predicted molar refractivity (Wildman–Crippen MR) is 76.4 cm³/mol. The largest absolute Gasteiger partial charge is 0.486 e. The van der Waals surface area contributed by atoms with Crippen molar-refractivity contribution in [1.82, 2.24) is 4.98 Å². The van der Waals surface area contributed by atoms with Gasteiger partial charge in [0.15, 0.2) is 11.5 Å². The first-order chi connectivity index (χ1) is 9.72. The summed E-state index contributed by atoms with van der Waals surface area (Å²) in [6, 6.07) is 9.56. The fraction of sp³-hybridized carbons (Fsp3) is 0.267. The Morgan fingerprint density at radius 2 is 1.95 bits per heavy atom. The van der Waals surface area contributed by atoms with Crippen molar-refractivity contribution in [3.8, 4) is 11.5 Å². The molecule has 1 unspecified atom stereocenters. The molecule has 4 nitrogen and oxygen atoms in total. The van der Waals surface area contributed by atoms with Gasteiger partial charge in [-0.25, -0.2) is 4.98 Å². The first-order valence-corrected chi connectivity index (χ1v) is 7.25. The minimum absolute atomic E-state index is 0.488. The molecule has 1 N–H and O–H groups in total. The number of fused-ring (bicyclic) bond motifs is 1. The van der Waals surface area contributed by atoms with E-state index in [1.165, 1.54) is 11.8 Å². The second-order valence-corrected chi connectivity index (χ2v) is 5.60. The normalized spacial score (nSPS) is 14.9. The van der Waals surface area contributed by atoms with Gasteiger partial charge in [0.2, 0.25) is 0 Å². The van der Waals surface area contributed by atoms with Crippen molar-refractivity contribution in [3.05, 3.63) is 42.1 Å². The Bertz CT molecular complexity index is 616. The van der Waals surface area contributed by atoms with Crippen molar-refractivity contribution in [2.45, 2.75) is 22.9 Å². The van der Waals surface area contributed by atoms with Crippen LogP contribution in [-0.4, -0.2) is 23.3 Å². The van der Waals surface area contributed by atoms with Crippen LogP contribution in [0.1, 0.15) is 18.6 Å². The van der Waals surface area contributed by atoms with Gasteiger partial charge in [-0.1, -0.05) is 11.8 Å². The van der Waals surface area contributed by atoms with Crippen molar-refractivity contribution in [1.29, 1.82) is 0 Å². The van der Waals surface area contributed by atoms with E-state index in [9.17, 15) is 5.11 Å². The number of rotatable bonds is 3. The SMILES string of the molecule is CC(O)c1ccnc(Sc2ccc3c(c2)OCCO3)c1. The predicted octanol–water partition coefficient (Wildman–Crippen LogP) is 3.06. The van der Waals surface area contributed by atoms with Crippen LogP contribution in [0.2, 0.25) is 0 Å². The number of aliphatic hydroxyl groups excluding tert-OH is 1. The summed E-state index contributed by atoms with van der Waals surface area (Å²) < 4.78 is 11.1. The van der Waals surface area contributed by atoms with Crippen LogP contribution in [0.4, 0.5) is 0 Å². The number of nitrogens with zero attached hydrogens (tertiary/aromatic N) is 1. The molecule has 2 heterocycles. The van der Waals surface area contributed by atoms with Crippen LogP contribution >= 0.6 is 11.8 Å². The van der Waals surface area contributed by atoms with Crippen LogP contribution in [0.5, 0.6) is 11.5 Å². The van der Waals surface area contributed by atoms with Gasteiger partial charge in [0.1, 0.15) is 18.2 Å². The van der Waals surface area contributed by atoms with Gasteiger partial charge < -0.3 is 14.6 Å². The second-order valence-electron chi connectivity index (χ2n) is 4.51. The highest BCUT2D eigenvalue weighted by Gasteiger charge is 2.12. The molecule has 20 heavy (non-hydrogen) atoms. The molecule has 3 rings (SSSR count). The van der Waals surface area contributed by atoms with Crippen molar-refractivity contribution in [3.63, 3.8) is 0 Å². The standard InChI is InChI=1S/C15H15NO3S/c1-10(17)11-4-5-16-15(8-11)20-12-2-3-13-14(9-12)19-7-6-18-13/h2-5,8-10,17H,6-7H2,1H3. The van der Waals surface area contributed by atoms with Crippen molar-refractivity contribution >= 4 is 11.8 Å². The fourth-order valence-electron chi connectivity index (χ4n) is 1.95. The van der Waals surface area contributed by atoms with Gasteiger partial charge in [-0.3, -0.25) is 0 Å². The number of pyridine rings is 1. The summed E-state index contributed by atoms with van der Waals surface area (Å²) in [7, 11) is 0. The Labute approximate surface area is 121 Å². The maximum absolute atomic E-state index is 9.60. The molecule has 0 fully saturated rings. The Kier molecular flexibility index (Phi) is 3.80. The summed E-state index contributed by atoms with van der Waals surface area (Å²) in [5.74, 6) is 1.55. The highest BCUT2D eigenvalue weighted by Crippen LogP contribution is 2.36. The van der Waals surface area contributed by atoms with E-state index < -0.39 is 6.10 Å². The zero-order valence-electron chi connectivity index (χ0n) is 11.1. The molecule has 1 aromatic carbocycles. The molecule has 0 saturated heterocycles. The van der Waals surface area contributed by atoms with Gasteiger partial charge in [-0.15, -0.1) is 0 Å². The summed E-state index contributed by atoms with van der Waals surface area (Å²) in [5, 5.41) is 10.4. The Balaban J connectivity index is 1.82. The van der Waals surface area contributed by atoms with Crippen LogP contribution < -0.4 is 9.47 Å². The van der Waals surface area contributed by atoms with Gasteiger partial charge in [-0.2, -0.15) is 0 Å². The van der Waals surface area contributed by atoms with Crippen LogP contribution in [0, 0.1) is 0 Å². The van der Waals surface area contributed by atoms with Crippen LogP contribution in [0.25, 0.3) is 0 Å². The third-order valence-electron chi connectivity index (χ3n) is 2.98. The minimum Gasteiger partial charge on any atom is -0.486 e. The van der Waals surface area contributed by atoms with E-state index in [4.69, 9.17) is 9.47 Å². The quantitative estimate of drug-likeness (QED) is 0.941. The fourth-order valence-corrected chi connectivity index (χ4v) is 2.80. The summed E-state index contributed by atoms with van der Waals surface area (Å²) >= 11 is 1.53. The first-order valence-electron chi connectivity index (χ1n) is 6.44. The lowest BCUT2D eigenvalue weighted by molar-refractivity contribution is 0.171. The van der Waals surface area contributed by atoms with E-state index in [2.05, 4.69) is 4.98 Å². The number of ether oxygens (including phenoxy) is 2. The van der Waals surface area contributed by atoms with Gasteiger partial charge >= 0.3 is 0 Å². The van der Waals surface area contributed by atoms with Gasteiger partial charge in [0.25, 0.3) is 0 Å². The summed E-state index contributed by atoms with van der Waals surface area (Å²) in [5.41, 5.74) is 0.861. The molecule has 0 spiro atoms. The second kappa shape index (κ2) is 5.73. The number of aromatic nitrogens is 1. The molecule has 2 aromatic rings. The number of hydrogen-bond donors (Lipinski definition) is 1. The van der Waals surface area contributed by atoms with Gasteiger partial charge in [0.05, 0.1) is 6.10 Å². The lowest BCUT2D eigenvalue weighted by Crippen LogP contribution is -2.15. The molecule has 1 atom stereocenters. The Hall–Kier alpha value is -1.72. The lowest BCUT2D eigenvalue weighted by atomic mass is 10.2. The third kappa shape index (κ3) is 2.89. The van der Waals surface area contributed by atoms with Crippen molar-refractivity contribution < 1.29 is 14.6 Å². The monoisotopic (exact) mass is 289 g/mol. The summed E-state index contributed by atoms with van der Waals surface area (Å²) in [4.78, 5) is 5.34. The Morgan fingerprint density at radius 3 is 2.75 bits per heavy atom. The van der Waals surface area contributed by atoms with Crippen LogP contribution in [-0.2, 0) is 0 Å². The number of hydrogen-bond acceptors (Lipinski definition) is 5. The van der Waals surface area contributed by atoms with Crippen molar-refractivity contribution in [2.75, 3.05) is 13.2 Å². The van der Waals surface area contributed by atoms with E-state index in [0.717, 1.165) is 27.0 Å². The molecule has 5 heteroatoms. The van der Waals surface area contributed by atoms with E-state index in [0.29, 0.717) is 13.2 Å². The molecule has 0 amide bonds. The smallest absolute Gasteiger partial charge is 0.162 e. The molecule has 0 saturated carbocycles. The Morgan fingerprint density at radius 1 is 1.15 bits per heavy atom. The highest BCUT2D eigenvalue weighted by atomic mass is 32.2. The topological polar surface area (TPSA) is 51.6 Å². The minimum atomic E-state index is -0.488. The average Bonchev–Trinajstić information content (AvgIpc) is 2.47. The molecule has 1 aromatic heterocycles. The van der Waals surface area contributed by atoms with Crippen LogP contribution in [0.3, 0.4) is 0 Å². The first kappa shape index (κ1) is 13.3. The zero-order chi connectivity index (χ0) is 13.9. The molecule has 1 aliphatic heterocycles. The maximum atomic E-state index is 9.60. The summed E-state index contributed by atoms with van der Waals surface area (Å²) in [6.45, 7) is 2.92. The molecule has 1 aliphatic rings. The van der Waals surface area contributed by atoms with E-state index >= 15 is 0 Å². The number of aliphatic hydroxyl groups is 1. The molecular formula is C15H15NO3S. The molecule has 0 bridgehead atoms. The maximum Gasteiger partial charge on any atom is 0.162 e. The molecule has 0 aliphatic carbocycles. The van der Waals surface area contributed by atoms with Gasteiger partial charge in [-0.05, 0) is 42.8 Å². The molecular weight excluding hydrogens is 274 g/mol.